The van der Waals surface area contributed by atoms with Gasteiger partial charge < -0.3 is 26.0 Å². The highest BCUT2D eigenvalue weighted by molar-refractivity contribution is 5.97. The molecule has 2 unspecified atom stereocenters. The summed E-state index contributed by atoms with van der Waals surface area (Å²) in [5.41, 5.74) is 0.748. The molecular formula is C30H32F6N4O5. The first kappa shape index (κ1) is 36.4. The number of allylic oxidation sites excluding steroid dienone is 2. The molecule has 0 radical (unpaired) electrons. The van der Waals surface area contributed by atoms with Crippen LogP contribution in [-0.2, 0) is 19.2 Å². The average molecular weight is 643 g/mol. The van der Waals surface area contributed by atoms with E-state index in [1.807, 2.05) is 0 Å². The van der Waals surface area contributed by atoms with Crippen LogP contribution in [0.5, 0.6) is 11.5 Å². The zero-order valence-electron chi connectivity index (χ0n) is 24.5. The average Bonchev–Trinajstić information content (AvgIpc) is 2.93. The molecule has 2 aromatic rings. The van der Waals surface area contributed by atoms with Gasteiger partial charge in [-0.2, -0.15) is 26.3 Å². The van der Waals surface area contributed by atoms with Crippen molar-refractivity contribution in [3.05, 3.63) is 73.1 Å². The first-order valence-electron chi connectivity index (χ1n) is 13.5. The summed E-state index contributed by atoms with van der Waals surface area (Å²) in [6.45, 7) is 6.70. The van der Waals surface area contributed by atoms with E-state index in [4.69, 9.17) is 4.74 Å². The van der Waals surface area contributed by atoms with E-state index < -0.39 is 47.8 Å². The fraction of sp³-hybridized carbons (Fsp3) is 0.333. The molecule has 0 spiro atoms. The fourth-order valence-corrected chi connectivity index (χ4v) is 3.57. The Bertz CT molecular complexity index is 1280. The predicted molar refractivity (Wildman–Crippen MR) is 154 cm³/mol. The van der Waals surface area contributed by atoms with Crippen molar-refractivity contribution in [3.63, 3.8) is 0 Å². The molecule has 9 nitrogen and oxygen atoms in total. The molecule has 0 bridgehead atoms. The topological polar surface area (TPSA) is 126 Å². The van der Waals surface area contributed by atoms with E-state index in [9.17, 15) is 45.5 Å². The van der Waals surface area contributed by atoms with E-state index >= 15 is 0 Å². The van der Waals surface area contributed by atoms with E-state index in [2.05, 4.69) is 21.3 Å². The van der Waals surface area contributed by atoms with Gasteiger partial charge in [0.1, 0.15) is 23.6 Å². The zero-order valence-corrected chi connectivity index (χ0v) is 24.5. The van der Waals surface area contributed by atoms with E-state index in [1.54, 1.807) is 52.0 Å². The number of ketones is 2. The molecule has 4 N–H and O–H groups in total. The highest BCUT2D eigenvalue weighted by Gasteiger charge is 2.37. The first-order valence-corrected chi connectivity index (χ1v) is 13.5. The Morgan fingerprint density at radius 3 is 1.18 bits per heavy atom. The van der Waals surface area contributed by atoms with Gasteiger partial charge in [0.15, 0.2) is 0 Å². The van der Waals surface area contributed by atoms with Crippen LogP contribution in [0.15, 0.2) is 73.1 Å². The van der Waals surface area contributed by atoms with Crippen molar-refractivity contribution in [1.29, 1.82) is 0 Å². The van der Waals surface area contributed by atoms with Gasteiger partial charge in [-0.1, -0.05) is 27.7 Å². The molecule has 0 fully saturated rings. The molecule has 0 heterocycles. The molecule has 0 aliphatic heterocycles. The van der Waals surface area contributed by atoms with E-state index in [1.165, 1.54) is 24.3 Å². The molecule has 0 saturated carbocycles. The Labute approximate surface area is 255 Å². The van der Waals surface area contributed by atoms with Gasteiger partial charge in [0.05, 0.1) is 0 Å². The van der Waals surface area contributed by atoms with Crippen LogP contribution in [-0.4, -0.2) is 47.8 Å². The number of carbonyl (C=O) groups is 4. The molecule has 0 aromatic heterocycles. The molecule has 15 heteroatoms. The standard InChI is InChI=1S/C30H32F6N4O5/c1-17(2)25(37-15-13-23(41)29(31,32)33)27(43)39-19-5-9-21(10-6-19)45-22-11-7-20(8-12-22)40-28(44)26(18(3)4)38-16-14-24(42)30(34,35)36/h5-18,25-26,37-38H,1-4H3,(H,39,43)(H,40,44)/b15-13+,16-14+. The minimum atomic E-state index is -5.01. The molecule has 2 aromatic carbocycles. The second-order valence-corrected chi connectivity index (χ2v) is 10.3. The summed E-state index contributed by atoms with van der Waals surface area (Å²) < 4.78 is 80.0. The molecule has 244 valence electrons. The van der Waals surface area contributed by atoms with Crippen molar-refractivity contribution in [2.45, 2.75) is 52.1 Å². The lowest BCUT2D eigenvalue weighted by molar-refractivity contribution is -0.165. The van der Waals surface area contributed by atoms with Crippen molar-refractivity contribution in [2.24, 2.45) is 11.8 Å². The lowest BCUT2D eigenvalue weighted by Gasteiger charge is -2.21. The summed E-state index contributed by atoms with van der Waals surface area (Å²) in [7, 11) is 0. The van der Waals surface area contributed by atoms with Crippen LogP contribution >= 0.6 is 0 Å². The van der Waals surface area contributed by atoms with Crippen molar-refractivity contribution in [2.75, 3.05) is 10.6 Å². The maximum atomic E-state index is 12.7. The Kier molecular flexibility index (Phi) is 12.7. The number of anilines is 2. The third kappa shape index (κ3) is 12.0. The Balaban J connectivity index is 1.96. The third-order valence-electron chi connectivity index (χ3n) is 5.96. The van der Waals surface area contributed by atoms with Gasteiger partial charge in [-0.25, -0.2) is 0 Å². The minimum Gasteiger partial charge on any atom is -0.457 e. The second kappa shape index (κ2) is 15.8. The van der Waals surface area contributed by atoms with Gasteiger partial charge in [0.2, 0.25) is 11.8 Å². The molecule has 2 atom stereocenters. The van der Waals surface area contributed by atoms with E-state index in [0.717, 1.165) is 12.4 Å². The lowest BCUT2D eigenvalue weighted by Crippen LogP contribution is -2.42. The van der Waals surface area contributed by atoms with Crippen LogP contribution < -0.4 is 26.0 Å². The van der Waals surface area contributed by atoms with Crippen molar-refractivity contribution in [3.8, 4) is 11.5 Å². The predicted octanol–water partition coefficient (Wildman–Crippen LogP) is 5.87. The smallest absolute Gasteiger partial charge is 0.454 e. The number of nitrogens with one attached hydrogen (secondary N) is 4. The van der Waals surface area contributed by atoms with E-state index in [-0.39, 0.29) is 11.8 Å². The van der Waals surface area contributed by atoms with Crippen molar-refractivity contribution < 1.29 is 50.3 Å². The summed E-state index contributed by atoms with van der Waals surface area (Å²) in [6.07, 6.45) is -7.83. The lowest BCUT2D eigenvalue weighted by atomic mass is 10.0. The summed E-state index contributed by atoms with van der Waals surface area (Å²) in [5, 5.41) is 10.3. The normalized spacial score (nSPS) is 13.5. The monoisotopic (exact) mass is 642 g/mol. The fourth-order valence-electron chi connectivity index (χ4n) is 3.57. The molecule has 0 aliphatic rings. The van der Waals surface area contributed by atoms with Crippen LogP contribution in [0, 0.1) is 11.8 Å². The number of benzene rings is 2. The number of alkyl halides is 6. The highest BCUT2D eigenvalue weighted by atomic mass is 19.4. The van der Waals surface area contributed by atoms with Gasteiger partial charge in [0.25, 0.3) is 11.6 Å². The van der Waals surface area contributed by atoms with Gasteiger partial charge in [-0.3, -0.25) is 19.2 Å². The number of halogens is 6. The SMILES string of the molecule is CC(C)C(N/C=C/C(=O)C(F)(F)F)C(=O)Nc1ccc(Oc2ccc(NC(=O)C(N/C=C/C(=O)C(F)(F)F)C(C)C)cc2)cc1. The van der Waals surface area contributed by atoms with Crippen molar-refractivity contribution >= 4 is 34.8 Å². The molecule has 0 aliphatic carbocycles. The molecule has 45 heavy (non-hydrogen) atoms. The highest BCUT2D eigenvalue weighted by Crippen LogP contribution is 2.25. The number of amides is 2. The maximum absolute atomic E-state index is 12.7. The summed E-state index contributed by atoms with van der Waals surface area (Å²) in [4.78, 5) is 47.3. The van der Waals surface area contributed by atoms with Crippen LogP contribution in [0.3, 0.4) is 0 Å². The maximum Gasteiger partial charge on any atom is 0.454 e. The Hall–Kier alpha value is -4.82. The second-order valence-electron chi connectivity index (χ2n) is 10.3. The van der Waals surface area contributed by atoms with Crippen LogP contribution in [0.2, 0.25) is 0 Å². The summed E-state index contributed by atoms with van der Waals surface area (Å²) in [5.74, 6) is -5.07. The Morgan fingerprint density at radius 1 is 0.600 bits per heavy atom. The molecule has 0 saturated heterocycles. The van der Waals surface area contributed by atoms with Crippen LogP contribution in [0.25, 0.3) is 0 Å². The number of rotatable bonds is 14. The largest absolute Gasteiger partial charge is 0.457 e. The molecular weight excluding hydrogens is 610 g/mol. The van der Waals surface area contributed by atoms with Crippen molar-refractivity contribution in [1.82, 2.24) is 10.6 Å². The number of carbonyl (C=O) groups excluding carboxylic acids is 4. The number of ether oxygens (including phenoxy) is 1. The summed E-state index contributed by atoms with van der Waals surface area (Å²) >= 11 is 0. The van der Waals surface area contributed by atoms with Crippen LogP contribution in [0.4, 0.5) is 37.7 Å². The van der Waals surface area contributed by atoms with Gasteiger partial charge in [-0.05, 0) is 60.4 Å². The van der Waals surface area contributed by atoms with Gasteiger partial charge in [-0.15, -0.1) is 0 Å². The van der Waals surface area contributed by atoms with E-state index in [0.29, 0.717) is 35.0 Å². The molecule has 2 rings (SSSR count). The summed E-state index contributed by atoms with van der Waals surface area (Å²) in [6, 6.07) is 10.5. The van der Waals surface area contributed by atoms with Gasteiger partial charge in [0, 0.05) is 35.9 Å². The number of hydrogen-bond donors (Lipinski definition) is 4. The zero-order chi connectivity index (χ0) is 33.9. The third-order valence-corrected chi connectivity index (χ3v) is 5.96. The number of hydrogen-bond acceptors (Lipinski definition) is 7. The Morgan fingerprint density at radius 2 is 0.911 bits per heavy atom. The quantitative estimate of drug-likeness (QED) is 0.150. The van der Waals surface area contributed by atoms with Crippen LogP contribution in [0.1, 0.15) is 27.7 Å². The first-order chi connectivity index (χ1) is 20.9. The van der Waals surface area contributed by atoms with Gasteiger partial charge >= 0.3 is 12.4 Å². The molecule has 2 amide bonds. The minimum absolute atomic E-state index is 0.309.